The van der Waals surface area contributed by atoms with Crippen molar-refractivity contribution in [3.05, 3.63) is 29.9 Å². The minimum absolute atomic E-state index is 0. The standard InChI is InChI=1S/C23H39N3O.ClH/c1-3-5-6-7-8-9-10-11-12-15-19-27-20-26-22-17-14-13-16-21(22)25(18-4-2)23(26)24;/h13-14,16-17,24H,3-12,15,18-20H2,1-2H3;1H. The minimum atomic E-state index is 0. The fraction of sp³-hybridized carbons (Fsp3) is 0.696. The Hall–Kier alpha value is -1.26. The third kappa shape index (κ3) is 7.63. The lowest BCUT2D eigenvalue weighted by Gasteiger charge is -2.07. The zero-order valence-electron chi connectivity index (χ0n) is 17.9. The summed E-state index contributed by atoms with van der Waals surface area (Å²) in [5, 5.41) is 8.48. The third-order valence-corrected chi connectivity index (χ3v) is 5.28. The highest BCUT2D eigenvalue weighted by Crippen LogP contribution is 2.14. The van der Waals surface area contributed by atoms with E-state index in [0.29, 0.717) is 12.3 Å². The van der Waals surface area contributed by atoms with Crippen LogP contribution < -0.4 is 5.62 Å². The van der Waals surface area contributed by atoms with Gasteiger partial charge in [0, 0.05) is 13.2 Å². The molecule has 0 bridgehead atoms. The predicted octanol–water partition coefficient (Wildman–Crippen LogP) is 6.65. The van der Waals surface area contributed by atoms with Gasteiger partial charge in [-0.1, -0.05) is 83.8 Å². The normalized spacial score (nSPS) is 11.1. The summed E-state index contributed by atoms with van der Waals surface area (Å²) in [5.41, 5.74) is 2.77. The van der Waals surface area contributed by atoms with Crippen molar-refractivity contribution < 1.29 is 4.74 Å². The average Bonchev–Trinajstić information content (AvgIpc) is 2.95. The summed E-state index contributed by atoms with van der Waals surface area (Å²) < 4.78 is 9.97. The van der Waals surface area contributed by atoms with Crippen LogP contribution in [0, 0.1) is 5.41 Å². The van der Waals surface area contributed by atoms with Crippen molar-refractivity contribution in [2.24, 2.45) is 0 Å². The molecule has 4 nitrogen and oxygen atoms in total. The number of hydrogen-bond donors (Lipinski definition) is 1. The second-order valence-corrected chi connectivity index (χ2v) is 7.61. The van der Waals surface area contributed by atoms with Crippen LogP contribution in [0.4, 0.5) is 0 Å². The number of ether oxygens (including phenoxy) is 1. The van der Waals surface area contributed by atoms with E-state index in [9.17, 15) is 0 Å². The quantitative estimate of drug-likeness (QED) is 0.329. The van der Waals surface area contributed by atoms with Crippen LogP contribution in [0.15, 0.2) is 24.3 Å². The van der Waals surface area contributed by atoms with Crippen LogP contribution in [0.5, 0.6) is 0 Å². The van der Waals surface area contributed by atoms with Crippen molar-refractivity contribution in [2.75, 3.05) is 6.61 Å². The molecule has 1 aromatic heterocycles. The van der Waals surface area contributed by atoms with Crippen LogP contribution in [-0.2, 0) is 18.0 Å². The minimum Gasteiger partial charge on any atom is -0.361 e. The molecule has 0 atom stereocenters. The summed E-state index contributed by atoms with van der Waals surface area (Å²) in [4.78, 5) is 0. The molecule has 0 aliphatic heterocycles. The molecule has 0 amide bonds. The molecule has 28 heavy (non-hydrogen) atoms. The topological polar surface area (TPSA) is 42.9 Å². The Kier molecular flexibility index (Phi) is 13.0. The highest BCUT2D eigenvalue weighted by molar-refractivity contribution is 5.85. The van der Waals surface area contributed by atoms with Gasteiger partial charge in [-0.05, 0) is 25.0 Å². The zero-order valence-corrected chi connectivity index (χ0v) is 18.7. The Morgan fingerprint density at radius 2 is 1.29 bits per heavy atom. The molecule has 5 heteroatoms. The molecule has 1 N–H and O–H groups in total. The molecular weight excluding hydrogens is 370 g/mol. The van der Waals surface area contributed by atoms with Crippen molar-refractivity contribution in [3.63, 3.8) is 0 Å². The molecular formula is C23H40ClN3O. The van der Waals surface area contributed by atoms with E-state index in [-0.39, 0.29) is 12.4 Å². The van der Waals surface area contributed by atoms with Gasteiger partial charge in [0.1, 0.15) is 6.73 Å². The van der Waals surface area contributed by atoms with Gasteiger partial charge in [-0.25, -0.2) is 0 Å². The van der Waals surface area contributed by atoms with Gasteiger partial charge in [-0.15, -0.1) is 12.4 Å². The van der Waals surface area contributed by atoms with E-state index in [0.717, 1.165) is 37.0 Å². The fourth-order valence-corrected chi connectivity index (χ4v) is 3.72. The van der Waals surface area contributed by atoms with E-state index in [4.69, 9.17) is 10.1 Å². The van der Waals surface area contributed by atoms with E-state index < -0.39 is 0 Å². The molecule has 0 fully saturated rings. The van der Waals surface area contributed by atoms with Crippen LogP contribution in [-0.4, -0.2) is 15.7 Å². The Morgan fingerprint density at radius 3 is 1.86 bits per heavy atom. The maximum Gasteiger partial charge on any atom is 0.204 e. The summed E-state index contributed by atoms with van der Waals surface area (Å²) in [7, 11) is 0. The van der Waals surface area contributed by atoms with Crippen LogP contribution >= 0.6 is 12.4 Å². The number of nitrogens with zero attached hydrogens (tertiary/aromatic N) is 2. The van der Waals surface area contributed by atoms with E-state index in [2.05, 4.69) is 30.5 Å². The number of nitrogens with one attached hydrogen (secondary N) is 1. The number of fused-ring (bicyclic) bond motifs is 1. The lowest BCUT2D eigenvalue weighted by Crippen LogP contribution is -2.25. The molecule has 2 aromatic rings. The molecule has 2 rings (SSSR count). The SMILES string of the molecule is CCCCCCCCCCCCOCn1c(=N)n(CCC)c2ccccc21.Cl. The highest BCUT2D eigenvalue weighted by atomic mass is 35.5. The Balaban J connectivity index is 0.00000392. The van der Waals surface area contributed by atoms with E-state index in [1.54, 1.807) is 0 Å². The van der Waals surface area contributed by atoms with Gasteiger partial charge < -0.3 is 9.30 Å². The third-order valence-electron chi connectivity index (χ3n) is 5.28. The number of rotatable bonds is 15. The Morgan fingerprint density at radius 1 is 0.750 bits per heavy atom. The Bertz CT molecular complexity index is 707. The second kappa shape index (κ2) is 14.7. The van der Waals surface area contributed by atoms with Gasteiger partial charge in [0.2, 0.25) is 5.62 Å². The van der Waals surface area contributed by atoms with Crippen molar-refractivity contribution in [3.8, 4) is 0 Å². The molecule has 0 aliphatic rings. The highest BCUT2D eigenvalue weighted by Gasteiger charge is 2.09. The fourth-order valence-electron chi connectivity index (χ4n) is 3.72. The number of aromatic nitrogens is 2. The maximum atomic E-state index is 8.48. The zero-order chi connectivity index (χ0) is 19.3. The number of para-hydroxylation sites is 2. The van der Waals surface area contributed by atoms with Crippen molar-refractivity contribution in [2.45, 2.75) is 97.8 Å². The number of unbranched alkanes of at least 4 members (excludes halogenated alkanes) is 9. The van der Waals surface area contributed by atoms with Crippen molar-refractivity contribution in [1.82, 2.24) is 9.13 Å². The second-order valence-electron chi connectivity index (χ2n) is 7.61. The average molecular weight is 410 g/mol. The summed E-state index contributed by atoms with van der Waals surface area (Å²) in [6.45, 7) is 6.57. The van der Waals surface area contributed by atoms with Gasteiger partial charge in [0.25, 0.3) is 0 Å². The largest absolute Gasteiger partial charge is 0.361 e. The summed E-state index contributed by atoms with van der Waals surface area (Å²) in [6, 6.07) is 8.27. The number of hydrogen-bond acceptors (Lipinski definition) is 2. The van der Waals surface area contributed by atoms with E-state index in [1.165, 1.54) is 57.8 Å². The number of halogens is 1. The molecule has 160 valence electrons. The van der Waals surface area contributed by atoms with Crippen molar-refractivity contribution in [1.29, 1.82) is 5.41 Å². The molecule has 0 unspecified atom stereocenters. The van der Waals surface area contributed by atoms with E-state index >= 15 is 0 Å². The van der Waals surface area contributed by atoms with Crippen LogP contribution in [0.3, 0.4) is 0 Å². The number of benzene rings is 1. The smallest absolute Gasteiger partial charge is 0.204 e. The van der Waals surface area contributed by atoms with Crippen molar-refractivity contribution >= 4 is 23.4 Å². The summed E-state index contributed by atoms with van der Waals surface area (Å²) >= 11 is 0. The Labute approximate surface area is 177 Å². The lowest BCUT2D eigenvalue weighted by molar-refractivity contribution is 0.0729. The van der Waals surface area contributed by atoms with E-state index in [1.807, 2.05) is 16.7 Å². The molecule has 0 saturated carbocycles. The summed E-state index contributed by atoms with van der Waals surface area (Å²) in [6.07, 6.45) is 14.4. The first-order valence-corrected chi connectivity index (χ1v) is 11.1. The number of imidazole rings is 1. The molecule has 0 radical (unpaired) electrons. The van der Waals surface area contributed by atoms with Crippen LogP contribution in [0.1, 0.15) is 84.5 Å². The van der Waals surface area contributed by atoms with Gasteiger partial charge in [0.15, 0.2) is 0 Å². The van der Waals surface area contributed by atoms with Gasteiger partial charge in [0.05, 0.1) is 11.0 Å². The number of aryl methyl sites for hydroxylation is 1. The van der Waals surface area contributed by atoms with Crippen LogP contribution in [0.25, 0.3) is 11.0 Å². The lowest BCUT2D eigenvalue weighted by atomic mass is 10.1. The molecule has 0 saturated heterocycles. The van der Waals surface area contributed by atoms with Gasteiger partial charge in [-0.2, -0.15) is 0 Å². The first-order chi connectivity index (χ1) is 13.3. The van der Waals surface area contributed by atoms with Crippen LogP contribution in [0.2, 0.25) is 0 Å². The predicted molar refractivity (Wildman–Crippen MR) is 121 cm³/mol. The maximum absolute atomic E-state index is 8.48. The monoisotopic (exact) mass is 409 g/mol. The first kappa shape index (κ1) is 24.8. The molecule has 0 aliphatic carbocycles. The summed E-state index contributed by atoms with van der Waals surface area (Å²) in [5.74, 6) is 0. The molecule has 1 aromatic carbocycles. The van der Waals surface area contributed by atoms with Gasteiger partial charge in [-0.3, -0.25) is 9.98 Å². The van der Waals surface area contributed by atoms with Gasteiger partial charge >= 0.3 is 0 Å². The first-order valence-electron chi connectivity index (χ1n) is 11.1. The molecule has 0 spiro atoms. The molecule has 1 heterocycles.